The molecule has 5 atom stereocenters. The molecule has 2 aliphatic heterocycles. The lowest BCUT2D eigenvalue weighted by Crippen LogP contribution is -2.57. The molecule has 3 N–H and O–H groups in total. The maximum atomic E-state index is 14.7. The van der Waals surface area contributed by atoms with Crippen molar-refractivity contribution >= 4 is 46.7 Å². The number of halogens is 1. The smallest absolute Gasteiger partial charge is 0.408 e. The Morgan fingerprint density at radius 1 is 1.15 bits per heavy atom. The Morgan fingerprint density at radius 3 is 2.61 bits per heavy atom. The number of hydrogen-bond acceptors (Lipinski definition) is 9. The van der Waals surface area contributed by atoms with Gasteiger partial charge in [-0.25, -0.2) is 14.2 Å². The van der Waals surface area contributed by atoms with E-state index in [-0.39, 0.29) is 41.5 Å². The Labute approximate surface area is 321 Å². The fourth-order valence-electron chi connectivity index (χ4n) is 7.08. The molecule has 14 heteroatoms. The second-order valence-corrected chi connectivity index (χ2v) is 18.1. The Hall–Kier alpha value is -4.07. The lowest BCUT2D eigenvalue weighted by Gasteiger charge is -2.30. The van der Waals surface area contributed by atoms with Crippen LogP contribution in [0, 0.1) is 18.7 Å². The van der Waals surface area contributed by atoms with Gasteiger partial charge in [-0.2, -0.15) is 0 Å². The van der Waals surface area contributed by atoms with Gasteiger partial charge in [0.25, 0.3) is 5.91 Å². The van der Waals surface area contributed by atoms with Gasteiger partial charge >= 0.3 is 6.09 Å². The summed E-state index contributed by atoms with van der Waals surface area (Å²) in [6.07, 6.45) is 8.51. The van der Waals surface area contributed by atoms with Gasteiger partial charge in [0.05, 0.1) is 18.2 Å². The summed E-state index contributed by atoms with van der Waals surface area (Å²) in [7, 11) is 0. The lowest BCUT2D eigenvalue weighted by molar-refractivity contribution is -0.141. The van der Waals surface area contributed by atoms with Gasteiger partial charge in [0.15, 0.2) is 0 Å². The fraction of sp³-hybridized carbons (Fsp3) is 0.625. The number of amides is 4. The van der Waals surface area contributed by atoms with Crippen LogP contribution in [0.4, 0.5) is 9.18 Å². The van der Waals surface area contributed by atoms with E-state index < -0.39 is 53.1 Å². The number of nitrogens with one attached hydrogen (secondary N) is 3. The maximum Gasteiger partial charge on any atom is 0.408 e. The number of carbonyl (C=O) groups is 4. The molecule has 4 aliphatic rings. The normalized spacial score (nSPS) is 27.5. The Balaban J connectivity index is 1.33. The van der Waals surface area contributed by atoms with Gasteiger partial charge in [-0.1, -0.05) is 25.0 Å². The number of allylic oxidation sites excluding steroid dienone is 1. The number of pyridine rings is 1. The molecule has 12 nitrogen and oxygen atoms in total. The summed E-state index contributed by atoms with van der Waals surface area (Å²) in [4.78, 5) is 61.9. The monoisotopic (exact) mass is 767 g/mol. The van der Waals surface area contributed by atoms with Crippen molar-refractivity contribution in [2.75, 3.05) is 6.54 Å². The highest BCUT2D eigenvalue weighted by molar-refractivity contribution is 7.99. The summed E-state index contributed by atoms with van der Waals surface area (Å²) >= 11 is 1.40. The highest BCUT2D eigenvalue weighted by Gasteiger charge is 2.61. The standard InChI is InChI=1S/C40H54FN5O7S/c1-23(2)51-32-20-31(27-15-16-28(41)24(3)33(27)43-32)52-26-19-30-34(47)44-40(36(49)45-54-39(7)17-18-39)21-25(40)13-11-9-8-10-12-14-29(35(48)46(30)22-26)42-37(50)53-38(4,5)6/h11,13,15-16,20,23,25-26,29-30H,8-10,12,14,17-19,21-22H2,1-7H3,(H,42,50)(H,44,47)(H,45,49)/b13-11-/t25-,26-,29+,30+,40-/m1/s1. The van der Waals surface area contributed by atoms with E-state index in [1.165, 1.54) is 22.9 Å². The maximum absolute atomic E-state index is 14.7. The summed E-state index contributed by atoms with van der Waals surface area (Å²) in [6.45, 7) is 12.7. The first-order valence-electron chi connectivity index (χ1n) is 19.2. The molecular weight excluding hydrogens is 714 g/mol. The second kappa shape index (κ2) is 15.6. The molecule has 0 unspecified atom stereocenters. The van der Waals surface area contributed by atoms with Crippen molar-refractivity contribution in [3.63, 3.8) is 0 Å². The topological polar surface area (TPSA) is 148 Å². The van der Waals surface area contributed by atoms with Crippen molar-refractivity contribution in [2.45, 2.75) is 146 Å². The predicted molar refractivity (Wildman–Crippen MR) is 204 cm³/mol. The molecule has 3 fully saturated rings. The average molecular weight is 768 g/mol. The molecule has 6 rings (SSSR count). The Bertz CT molecular complexity index is 1810. The van der Waals surface area contributed by atoms with Gasteiger partial charge < -0.3 is 29.7 Å². The van der Waals surface area contributed by atoms with Gasteiger partial charge in [-0.05, 0) is 111 Å². The van der Waals surface area contributed by atoms with Crippen molar-refractivity contribution in [1.82, 2.24) is 25.2 Å². The van der Waals surface area contributed by atoms with E-state index >= 15 is 0 Å². The molecule has 1 aromatic heterocycles. The number of carbonyl (C=O) groups excluding carboxylic acids is 4. The minimum absolute atomic E-state index is 0.00671. The van der Waals surface area contributed by atoms with Crippen molar-refractivity contribution in [3.8, 4) is 11.6 Å². The molecule has 2 saturated carbocycles. The number of aromatic nitrogens is 1. The molecule has 0 bridgehead atoms. The fourth-order valence-corrected chi connectivity index (χ4v) is 7.91. The van der Waals surface area contributed by atoms with Crippen molar-refractivity contribution in [2.24, 2.45) is 5.92 Å². The zero-order chi connectivity index (χ0) is 39.0. The van der Waals surface area contributed by atoms with E-state index in [9.17, 15) is 23.6 Å². The minimum atomic E-state index is -1.15. The molecule has 294 valence electrons. The third kappa shape index (κ3) is 9.23. The summed E-state index contributed by atoms with van der Waals surface area (Å²) in [5, 5.41) is 6.42. The van der Waals surface area contributed by atoms with Crippen LogP contribution < -0.4 is 24.8 Å². The van der Waals surface area contributed by atoms with Gasteiger partial charge in [-0.3, -0.25) is 19.1 Å². The third-order valence-corrected chi connectivity index (χ3v) is 11.6. The zero-order valence-electron chi connectivity index (χ0n) is 32.4. The lowest BCUT2D eigenvalue weighted by atomic mass is 10.0. The molecule has 0 radical (unpaired) electrons. The van der Waals surface area contributed by atoms with Crippen LogP contribution in [-0.2, 0) is 19.1 Å². The molecule has 54 heavy (non-hydrogen) atoms. The first-order chi connectivity index (χ1) is 25.5. The highest BCUT2D eigenvalue weighted by Crippen LogP contribution is 2.49. The number of fused-ring (bicyclic) bond motifs is 3. The Kier molecular flexibility index (Phi) is 11.4. The highest BCUT2D eigenvalue weighted by atomic mass is 32.2. The van der Waals surface area contributed by atoms with Gasteiger partial charge in [0.2, 0.25) is 17.7 Å². The molecule has 1 aromatic carbocycles. The van der Waals surface area contributed by atoms with Crippen molar-refractivity contribution in [3.05, 3.63) is 41.7 Å². The van der Waals surface area contributed by atoms with Crippen molar-refractivity contribution < 1.29 is 37.8 Å². The molecule has 3 heterocycles. The SMILES string of the molecule is Cc1c(F)ccc2c(O[C@@H]3C[C@H]4C(=O)N[C@]5(C(=O)NSC6(C)CC6)C[C@H]5/C=C\CCCCC[C@H](NC(=O)OC(C)(C)C)C(=O)N4C3)cc(OC(C)C)nc12. The van der Waals surface area contributed by atoms with Crippen LogP contribution in [0.3, 0.4) is 0 Å². The summed E-state index contributed by atoms with van der Waals surface area (Å²) in [6, 6.07) is 2.61. The third-order valence-electron chi connectivity index (χ3n) is 10.4. The van der Waals surface area contributed by atoms with Crippen LogP contribution in [0.2, 0.25) is 0 Å². The number of hydrogen-bond donors (Lipinski definition) is 3. The predicted octanol–water partition coefficient (Wildman–Crippen LogP) is 6.42. The quantitative estimate of drug-likeness (QED) is 0.204. The summed E-state index contributed by atoms with van der Waals surface area (Å²) in [5.41, 5.74) is -1.22. The number of alkyl carbamates (subject to hydrolysis) is 1. The van der Waals surface area contributed by atoms with Crippen LogP contribution in [0.5, 0.6) is 11.6 Å². The van der Waals surface area contributed by atoms with Gasteiger partial charge in [0.1, 0.15) is 40.9 Å². The van der Waals surface area contributed by atoms with E-state index in [1.54, 1.807) is 39.8 Å². The minimum Gasteiger partial charge on any atom is -0.488 e. The van der Waals surface area contributed by atoms with E-state index in [2.05, 4.69) is 33.3 Å². The average Bonchev–Trinajstić information content (AvgIpc) is 3.95. The first kappa shape index (κ1) is 39.6. The molecule has 2 aliphatic carbocycles. The number of rotatable bonds is 8. The largest absolute Gasteiger partial charge is 0.488 e. The van der Waals surface area contributed by atoms with E-state index in [0.717, 1.165) is 32.1 Å². The first-order valence-corrected chi connectivity index (χ1v) is 20.0. The number of aryl methyl sites for hydroxylation is 1. The van der Waals surface area contributed by atoms with Gasteiger partial charge in [0, 0.05) is 34.1 Å². The van der Waals surface area contributed by atoms with Crippen molar-refractivity contribution in [1.29, 1.82) is 0 Å². The number of nitrogens with zero attached hydrogens (tertiary/aromatic N) is 2. The zero-order valence-corrected chi connectivity index (χ0v) is 33.2. The second-order valence-electron chi connectivity index (χ2n) is 16.7. The van der Waals surface area contributed by atoms with Crippen LogP contribution in [0.15, 0.2) is 30.4 Å². The molecule has 4 amide bonds. The van der Waals surface area contributed by atoms with Crippen LogP contribution in [-0.4, -0.2) is 80.4 Å². The van der Waals surface area contributed by atoms with E-state index in [4.69, 9.17) is 14.2 Å². The van der Waals surface area contributed by atoms with Crippen LogP contribution >= 0.6 is 11.9 Å². The molecule has 1 saturated heterocycles. The molecule has 2 aromatic rings. The Morgan fingerprint density at radius 2 is 1.91 bits per heavy atom. The number of benzene rings is 1. The number of ether oxygens (including phenoxy) is 3. The van der Waals surface area contributed by atoms with Gasteiger partial charge in [-0.15, -0.1) is 0 Å². The van der Waals surface area contributed by atoms with E-state index in [0.29, 0.717) is 41.5 Å². The summed E-state index contributed by atoms with van der Waals surface area (Å²) < 4.78 is 35.8. The van der Waals surface area contributed by atoms with Crippen LogP contribution in [0.25, 0.3) is 10.9 Å². The van der Waals surface area contributed by atoms with Crippen LogP contribution in [0.1, 0.15) is 105 Å². The van der Waals surface area contributed by atoms with E-state index in [1.807, 2.05) is 19.9 Å². The molecule has 0 spiro atoms. The molecular formula is C40H54FN5O7S. The summed E-state index contributed by atoms with van der Waals surface area (Å²) in [5.74, 6) is -1.16.